The van der Waals surface area contributed by atoms with Crippen LogP contribution in [0.2, 0.25) is 0 Å². The Morgan fingerprint density at radius 3 is 2.19 bits per heavy atom. The number of rotatable bonds is 12. The molecule has 1 aromatic rings. The summed E-state index contributed by atoms with van der Waals surface area (Å²) < 4.78 is 16.4. The van der Waals surface area contributed by atoms with Crippen LogP contribution in [0.15, 0.2) is 30.3 Å². The van der Waals surface area contributed by atoms with E-state index < -0.39 is 38.6 Å². The second-order valence-corrected chi connectivity index (χ2v) is 6.70. The van der Waals surface area contributed by atoms with Gasteiger partial charge in [-0.3, -0.25) is 4.57 Å². The molecule has 0 aliphatic carbocycles. The average molecular weight is 474 g/mol. The third kappa shape index (κ3) is 18.5. The molecule has 8 nitrogen and oxygen atoms in total. The summed E-state index contributed by atoms with van der Waals surface area (Å²) in [7, 11) is -4.61. The zero-order valence-electron chi connectivity index (χ0n) is 16.0. The minimum absolute atomic E-state index is 0. The number of benzene rings is 1. The SMILES string of the molecule is O=C([O-])CC[C@H](NP(=O)([O-])OCCCCc1ccccc1)C(=O)[O-].[K+].[K+].[K+]. The zero-order valence-corrected chi connectivity index (χ0v) is 26.3. The maximum atomic E-state index is 11.7. The molecule has 12 heteroatoms. The summed E-state index contributed by atoms with van der Waals surface area (Å²) in [4.78, 5) is 32.8. The van der Waals surface area contributed by atoms with Gasteiger partial charge in [0, 0.05) is 5.97 Å². The van der Waals surface area contributed by atoms with Gasteiger partial charge in [0.25, 0.3) is 0 Å². The Balaban J connectivity index is -0.00000192. The fourth-order valence-electron chi connectivity index (χ4n) is 1.99. The van der Waals surface area contributed by atoms with Crippen molar-refractivity contribution in [3.05, 3.63) is 35.9 Å². The first-order valence-corrected chi connectivity index (χ1v) is 9.02. The van der Waals surface area contributed by atoms with Crippen molar-refractivity contribution in [2.45, 2.75) is 38.1 Å². The van der Waals surface area contributed by atoms with E-state index in [2.05, 4.69) is 4.52 Å². The Bertz CT molecular complexity index is 592. The van der Waals surface area contributed by atoms with Crippen LogP contribution in [0.5, 0.6) is 0 Å². The minimum atomic E-state index is -4.61. The summed E-state index contributed by atoms with van der Waals surface area (Å²) in [6.45, 7) is -0.0964. The molecule has 1 aromatic carbocycles. The number of aliphatic carboxylic acids is 2. The molecule has 0 aliphatic rings. The predicted octanol–water partition coefficient (Wildman–Crippen LogP) is -10.3. The Morgan fingerprint density at radius 1 is 1.07 bits per heavy atom. The quantitative estimate of drug-likeness (QED) is 0.179. The smallest absolute Gasteiger partial charge is 0.766 e. The molecule has 1 unspecified atom stereocenters. The van der Waals surface area contributed by atoms with Crippen molar-refractivity contribution < 1.29 is 188 Å². The van der Waals surface area contributed by atoms with E-state index >= 15 is 0 Å². The van der Waals surface area contributed by atoms with Gasteiger partial charge >= 0.3 is 154 Å². The van der Waals surface area contributed by atoms with E-state index in [-0.39, 0.29) is 161 Å². The number of nitrogens with one attached hydrogen (secondary N) is 1. The topological polar surface area (TPSA) is 142 Å². The summed E-state index contributed by atoms with van der Waals surface area (Å²) >= 11 is 0. The van der Waals surface area contributed by atoms with Crippen LogP contribution in [-0.2, 0) is 25.1 Å². The van der Waals surface area contributed by atoms with Gasteiger partial charge < -0.3 is 29.2 Å². The van der Waals surface area contributed by atoms with Crippen molar-refractivity contribution in [2.75, 3.05) is 6.61 Å². The van der Waals surface area contributed by atoms with E-state index in [0.717, 1.165) is 12.0 Å². The zero-order chi connectivity index (χ0) is 18.0. The molecule has 1 rings (SSSR count). The molecule has 1 N–H and O–H groups in total. The third-order valence-corrected chi connectivity index (χ3v) is 4.35. The summed E-state index contributed by atoms with van der Waals surface area (Å²) in [5.74, 6) is -3.20. The predicted molar refractivity (Wildman–Crippen MR) is 79.1 cm³/mol. The number of carboxylic acids is 2. The van der Waals surface area contributed by atoms with Gasteiger partial charge in [-0.1, -0.05) is 30.3 Å². The van der Waals surface area contributed by atoms with E-state index in [0.29, 0.717) is 12.8 Å². The Labute approximate surface area is 286 Å². The molecule has 0 saturated heterocycles. The summed E-state index contributed by atoms with van der Waals surface area (Å²) in [5, 5.41) is 22.9. The Hall–Kier alpha value is 3.18. The van der Waals surface area contributed by atoms with Gasteiger partial charge in [0.2, 0.25) is 7.75 Å². The number of carbonyl (C=O) groups excluding carboxylic acids is 2. The van der Waals surface area contributed by atoms with E-state index in [1.54, 1.807) is 5.09 Å². The molecule has 0 heterocycles. The maximum Gasteiger partial charge on any atom is 1.00 e. The van der Waals surface area contributed by atoms with Gasteiger partial charge in [-0.2, -0.15) is 0 Å². The number of aryl methyl sites for hydroxylation is 1. The first kappa shape index (κ1) is 34.8. The maximum absolute atomic E-state index is 11.7. The van der Waals surface area contributed by atoms with Crippen LogP contribution in [0.1, 0.15) is 31.2 Å². The van der Waals surface area contributed by atoms with Crippen LogP contribution in [0.4, 0.5) is 0 Å². The first-order chi connectivity index (χ1) is 11.3. The number of hydrogen-bond donors (Lipinski definition) is 1. The molecule has 134 valence electrons. The normalized spacial score (nSPS) is 13.1. The van der Waals surface area contributed by atoms with E-state index in [9.17, 15) is 29.3 Å². The van der Waals surface area contributed by atoms with Crippen molar-refractivity contribution in [2.24, 2.45) is 0 Å². The fourth-order valence-corrected chi connectivity index (χ4v) is 3.05. The summed E-state index contributed by atoms with van der Waals surface area (Å²) in [6, 6.07) is 7.98. The van der Waals surface area contributed by atoms with E-state index in [1.807, 2.05) is 30.3 Å². The summed E-state index contributed by atoms with van der Waals surface area (Å²) in [6.07, 6.45) is 0.863. The van der Waals surface area contributed by atoms with Crippen LogP contribution >= 0.6 is 7.75 Å². The minimum Gasteiger partial charge on any atom is -0.766 e. The number of carbonyl (C=O) groups is 2. The number of hydrogen-bond acceptors (Lipinski definition) is 7. The van der Waals surface area contributed by atoms with Gasteiger partial charge in [-0.25, -0.2) is 5.09 Å². The molecule has 27 heavy (non-hydrogen) atoms. The van der Waals surface area contributed by atoms with Crippen molar-refractivity contribution in [1.29, 1.82) is 0 Å². The van der Waals surface area contributed by atoms with Crippen molar-refractivity contribution in [3.8, 4) is 0 Å². The molecule has 0 bridgehead atoms. The van der Waals surface area contributed by atoms with Crippen LogP contribution in [0.25, 0.3) is 0 Å². The van der Waals surface area contributed by atoms with Crippen molar-refractivity contribution >= 4 is 19.7 Å². The molecule has 0 aromatic heterocycles. The number of unbranched alkanes of at least 4 members (excludes halogenated alkanes) is 1. The monoisotopic (exact) mass is 473 g/mol. The Kier molecular flexibility index (Phi) is 25.6. The van der Waals surface area contributed by atoms with E-state index in [1.165, 1.54) is 0 Å². The molecule has 0 radical (unpaired) electrons. The summed E-state index contributed by atoms with van der Waals surface area (Å²) in [5.41, 5.74) is 1.13. The molecule has 0 amide bonds. The molecule has 0 fully saturated rings. The molecular formula is C15H19K3NO7P. The molecular weight excluding hydrogens is 454 g/mol. The van der Waals surface area contributed by atoms with Gasteiger partial charge in [0.15, 0.2) is 0 Å². The second kappa shape index (κ2) is 19.8. The fraction of sp³-hybridized carbons (Fsp3) is 0.467. The average Bonchev–Trinajstić information content (AvgIpc) is 2.51. The largest absolute Gasteiger partial charge is 1.00 e. The molecule has 0 aliphatic heterocycles. The van der Waals surface area contributed by atoms with Crippen LogP contribution < -0.4 is 174 Å². The first-order valence-electron chi connectivity index (χ1n) is 7.48. The number of carboxylic acid groups (broad SMARTS) is 2. The van der Waals surface area contributed by atoms with E-state index in [4.69, 9.17) is 0 Å². The van der Waals surface area contributed by atoms with Gasteiger partial charge in [-0.05, 0) is 37.7 Å². The molecule has 2 atom stereocenters. The van der Waals surface area contributed by atoms with Gasteiger partial charge in [0.1, 0.15) is 0 Å². The van der Waals surface area contributed by atoms with Gasteiger partial charge in [0.05, 0.1) is 18.6 Å². The second-order valence-electron chi connectivity index (χ2n) is 5.18. The van der Waals surface area contributed by atoms with Crippen molar-refractivity contribution in [3.63, 3.8) is 0 Å². The standard InChI is InChI=1S/C15H22NO7P.3K/c17-14(18)10-9-13(15(19)20)16-24(21,22)23-11-5-4-8-12-6-2-1-3-7-12;;;/h1-3,6-7,13H,4-5,8-11H2,(H,17,18)(H,19,20)(H2,16,21,22);;;/q;3*+1/p-3/t13-;;;/m0.../s1. The third-order valence-electron chi connectivity index (χ3n) is 3.20. The van der Waals surface area contributed by atoms with Crippen LogP contribution in [0.3, 0.4) is 0 Å². The Morgan fingerprint density at radius 2 is 1.67 bits per heavy atom. The molecule has 0 spiro atoms. The molecule has 0 saturated carbocycles. The van der Waals surface area contributed by atoms with Crippen LogP contribution in [-0.4, -0.2) is 24.6 Å². The van der Waals surface area contributed by atoms with Crippen molar-refractivity contribution in [1.82, 2.24) is 5.09 Å². The van der Waals surface area contributed by atoms with Gasteiger partial charge in [-0.15, -0.1) is 0 Å². The van der Waals surface area contributed by atoms with Crippen LogP contribution in [0, 0.1) is 0 Å².